The van der Waals surface area contributed by atoms with Gasteiger partial charge in [-0.1, -0.05) is 36.4 Å². The highest BCUT2D eigenvalue weighted by molar-refractivity contribution is 7.89. The van der Waals surface area contributed by atoms with Gasteiger partial charge in [-0.15, -0.1) is 0 Å². The maximum atomic E-state index is 13.0. The van der Waals surface area contributed by atoms with Crippen molar-refractivity contribution in [3.63, 3.8) is 0 Å². The second-order valence-electron chi connectivity index (χ2n) is 8.37. The Morgan fingerprint density at radius 2 is 1.79 bits per heavy atom. The summed E-state index contributed by atoms with van der Waals surface area (Å²) < 4.78 is 32.3. The normalized spacial score (nSPS) is 21.4. The SMILES string of the molecule is C[C@@]1(CCc2ccccc2)NC(=O)N(NC(=O)c2cccc(S(=O)(=O)N3CCOCC3)c2)C1=O. The van der Waals surface area contributed by atoms with Crippen LogP contribution in [0.2, 0.25) is 0 Å². The van der Waals surface area contributed by atoms with E-state index in [1.54, 1.807) is 6.92 Å². The van der Waals surface area contributed by atoms with E-state index in [1.165, 1.54) is 28.6 Å². The molecule has 0 radical (unpaired) electrons. The first-order valence-corrected chi connectivity index (χ1v) is 12.3. The number of imide groups is 1. The number of ether oxygens (including phenoxy) is 1. The van der Waals surface area contributed by atoms with Crippen LogP contribution >= 0.6 is 0 Å². The molecule has 0 aliphatic carbocycles. The average molecular weight is 487 g/mol. The molecule has 0 aromatic heterocycles. The number of rotatable bonds is 7. The number of nitrogens with one attached hydrogen (secondary N) is 2. The molecular formula is C23H26N4O6S. The van der Waals surface area contributed by atoms with E-state index >= 15 is 0 Å². The lowest BCUT2D eigenvalue weighted by atomic mass is 9.93. The molecule has 180 valence electrons. The fourth-order valence-corrected chi connectivity index (χ4v) is 5.35. The van der Waals surface area contributed by atoms with E-state index in [1.807, 2.05) is 30.3 Å². The van der Waals surface area contributed by atoms with Gasteiger partial charge in [-0.3, -0.25) is 15.0 Å². The number of morpholine rings is 1. The number of urea groups is 1. The number of carbonyl (C=O) groups is 3. The number of amides is 4. The van der Waals surface area contributed by atoms with Gasteiger partial charge in [0.1, 0.15) is 5.54 Å². The number of carbonyl (C=O) groups excluding carboxylic acids is 3. The molecule has 2 N–H and O–H groups in total. The molecule has 2 aromatic rings. The zero-order valence-electron chi connectivity index (χ0n) is 18.7. The van der Waals surface area contributed by atoms with Crippen molar-refractivity contribution in [3.8, 4) is 0 Å². The molecule has 4 rings (SSSR count). The number of benzene rings is 2. The third-order valence-electron chi connectivity index (χ3n) is 5.93. The number of sulfonamides is 1. The van der Waals surface area contributed by atoms with Crippen LogP contribution in [0, 0.1) is 0 Å². The second-order valence-corrected chi connectivity index (χ2v) is 10.3. The summed E-state index contributed by atoms with van der Waals surface area (Å²) in [7, 11) is -3.81. The van der Waals surface area contributed by atoms with Gasteiger partial charge in [0.15, 0.2) is 0 Å². The molecular weight excluding hydrogens is 460 g/mol. The van der Waals surface area contributed by atoms with Crippen LogP contribution in [-0.4, -0.2) is 67.4 Å². The van der Waals surface area contributed by atoms with E-state index < -0.39 is 33.4 Å². The largest absolute Gasteiger partial charge is 0.379 e. The highest BCUT2D eigenvalue weighted by Crippen LogP contribution is 2.23. The predicted octanol–water partition coefficient (Wildman–Crippen LogP) is 1.30. The van der Waals surface area contributed by atoms with Crippen LogP contribution in [0.5, 0.6) is 0 Å². The topological polar surface area (TPSA) is 125 Å². The molecule has 34 heavy (non-hydrogen) atoms. The summed E-state index contributed by atoms with van der Waals surface area (Å²) in [5.74, 6) is -1.35. The van der Waals surface area contributed by atoms with Gasteiger partial charge in [0, 0.05) is 18.7 Å². The van der Waals surface area contributed by atoms with Gasteiger partial charge in [-0.05, 0) is 43.5 Å². The smallest absolute Gasteiger partial charge is 0.344 e. The van der Waals surface area contributed by atoms with Gasteiger partial charge in [-0.25, -0.2) is 13.2 Å². The summed E-state index contributed by atoms with van der Waals surface area (Å²) >= 11 is 0. The van der Waals surface area contributed by atoms with Crippen LogP contribution in [0.4, 0.5) is 4.79 Å². The lowest BCUT2D eigenvalue weighted by Crippen LogP contribution is -2.49. The summed E-state index contributed by atoms with van der Waals surface area (Å²) in [5, 5.41) is 3.29. The standard InChI is InChI=1S/C23H26N4O6S/c1-23(11-10-17-6-3-2-4-7-17)21(29)27(22(30)24-23)25-20(28)18-8-5-9-19(16-18)34(31,32)26-12-14-33-15-13-26/h2-9,16H,10-15H2,1H3,(H,24,30)(H,25,28)/t23-/m0/s1. The predicted molar refractivity (Wildman–Crippen MR) is 122 cm³/mol. The Morgan fingerprint density at radius 3 is 2.50 bits per heavy atom. The number of hydrogen-bond acceptors (Lipinski definition) is 6. The minimum atomic E-state index is -3.81. The number of hydrazine groups is 1. The van der Waals surface area contributed by atoms with Crippen LogP contribution in [0.25, 0.3) is 0 Å². The second kappa shape index (κ2) is 9.53. The third-order valence-corrected chi connectivity index (χ3v) is 7.83. The lowest BCUT2D eigenvalue weighted by molar-refractivity contribution is -0.132. The van der Waals surface area contributed by atoms with Crippen molar-refractivity contribution in [1.29, 1.82) is 0 Å². The minimum absolute atomic E-state index is 0.00724. The van der Waals surface area contributed by atoms with E-state index in [2.05, 4.69) is 10.7 Å². The summed E-state index contributed by atoms with van der Waals surface area (Å²) in [6.07, 6.45) is 0.911. The van der Waals surface area contributed by atoms with E-state index in [9.17, 15) is 22.8 Å². The van der Waals surface area contributed by atoms with Crippen molar-refractivity contribution in [2.24, 2.45) is 0 Å². The zero-order valence-corrected chi connectivity index (χ0v) is 19.5. The van der Waals surface area contributed by atoms with E-state index in [-0.39, 0.29) is 23.5 Å². The molecule has 1 atom stereocenters. The Kier molecular flexibility index (Phi) is 6.69. The molecule has 0 spiro atoms. The third kappa shape index (κ3) is 4.81. The number of hydrogen-bond donors (Lipinski definition) is 2. The molecule has 2 heterocycles. The Labute approximate surface area is 197 Å². The maximum Gasteiger partial charge on any atom is 0.344 e. The van der Waals surface area contributed by atoms with Gasteiger partial charge >= 0.3 is 6.03 Å². The van der Waals surface area contributed by atoms with Gasteiger partial charge in [0.25, 0.3) is 11.8 Å². The lowest BCUT2D eigenvalue weighted by Gasteiger charge is -2.26. The molecule has 4 amide bonds. The quantitative estimate of drug-likeness (QED) is 0.569. The monoisotopic (exact) mass is 486 g/mol. The average Bonchev–Trinajstić information content (AvgIpc) is 3.07. The summed E-state index contributed by atoms with van der Waals surface area (Å²) in [6.45, 7) is 2.66. The van der Waals surface area contributed by atoms with Crippen LogP contribution in [0.15, 0.2) is 59.5 Å². The fourth-order valence-electron chi connectivity index (χ4n) is 3.89. The Balaban J connectivity index is 1.45. The molecule has 0 saturated carbocycles. The highest BCUT2D eigenvalue weighted by Gasteiger charge is 2.48. The molecule has 2 saturated heterocycles. The Bertz CT molecular complexity index is 1200. The molecule has 11 heteroatoms. The molecule has 2 aromatic carbocycles. The van der Waals surface area contributed by atoms with Crippen molar-refractivity contribution in [3.05, 3.63) is 65.7 Å². The molecule has 10 nitrogen and oxygen atoms in total. The first kappa shape index (κ1) is 23.9. The maximum absolute atomic E-state index is 13.0. The van der Waals surface area contributed by atoms with Crippen molar-refractivity contribution in [1.82, 2.24) is 20.1 Å². The van der Waals surface area contributed by atoms with Crippen molar-refractivity contribution < 1.29 is 27.5 Å². The molecule has 0 bridgehead atoms. The van der Waals surface area contributed by atoms with Crippen LogP contribution < -0.4 is 10.7 Å². The van der Waals surface area contributed by atoms with E-state index in [0.29, 0.717) is 31.1 Å². The van der Waals surface area contributed by atoms with E-state index in [0.717, 1.165) is 5.56 Å². The molecule has 2 aliphatic rings. The van der Waals surface area contributed by atoms with Crippen LogP contribution in [0.3, 0.4) is 0 Å². The first-order chi connectivity index (χ1) is 16.2. The van der Waals surface area contributed by atoms with Gasteiger partial charge < -0.3 is 10.1 Å². The summed E-state index contributed by atoms with van der Waals surface area (Å²) in [6, 6.07) is 14.3. The van der Waals surface area contributed by atoms with E-state index in [4.69, 9.17) is 4.74 Å². The summed E-state index contributed by atoms with van der Waals surface area (Å²) in [5.41, 5.74) is 2.16. The van der Waals surface area contributed by atoms with Gasteiger partial charge in [0.2, 0.25) is 10.0 Å². The van der Waals surface area contributed by atoms with Gasteiger partial charge in [-0.2, -0.15) is 9.31 Å². The fraction of sp³-hybridized carbons (Fsp3) is 0.348. The van der Waals surface area contributed by atoms with Gasteiger partial charge in [0.05, 0.1) is 18.1 Å². The molecule has 2 aliphatic heterocycles. The Hall–Kier alpha value is -3.28. The molecule has 2 fully saturated rings. The molecule has 0 unspecified atom stereocenters. The van der Waals surface area contributed by atoms with Crippen LogP contribution in [0.1, 0.15) is 29.3 Å². The van der Waals surface area contributed by atoms with Crippen molar-refractivity contribution in [2.75, 3.05) is 26.3 Å². The van der Waals surface area contributed by atoms with Crippen molar-refractivity contribution in [2.45, 2.75) is 30.2 Å². The Morgan fingerprint density at radius 1 is 1.09 bits per heavy atom. The zero-order chi connectivity index (χ0) is 24.3. The number of aryl methyl sites for hydroxylation is 1. The van der Waals surface area contributed by atoms with Crippen LogP contribution in [-0.2, 0) is 26.0 Å². The van der Waals surface area contributed by atoms with Crippen molar-refractivity contribution >= 4 is 27.9 Å². The minimum Gasteiger partial charge on any atom is -0.379 e. The number of nitrogens with zero attached hydrogens (tertiary/aromatic N) is 2. The summed E-state index contributed by atoms with van der Waals surface area (Å²) in [4.78, 5) is 38.2. The first-order valence-electron chi connectivity index (χ1n) is 10.9. The highest BCUT2D eigenvalue weighted by atomic mass is 32.2.